The van der Waals surface area contributed by atoms with Gasteiger partial charge in [-0.05, 0) is 73.2 Å². The number of carboxylic acid groups (broad SMARTS) is 2. The van der Waals surface area contributed by atoms with Gasteiger partial charge in [0.2, 0.25) is 0 Å². The number of carbonyl (C=O) groups excluding carboxylic acids is 1. The molecule has 1 saturated heterocycles. The average Bonchev–Trinajstić information content (AvgIpc) is 3.16. The predicted octanol–water partition coefficient (Wildman–Crippen LogP) is 1.12. The lowest BCUT2D eigenvalue weighted by Gasteiger charge is -2.64. The molecule has 0 unspecified atom stereocenters. The van der Waals surface area contributed by atoms with Gasteiger partial charge in [0.25, 0.3) is 0 Å². The minimum absolute atomic E-state index is 0.00133. The van der Waals surface area contributed by atoms with Gasteiger partial charge in [0.1, 0.15) is 12.2 Å². The largest absolute Gasteiger partial charge is 0.480 e. The van der Waals surface area contributed by atoms with E-state index in [9.17, 15) is 60.8 Å². The molecule has 1 spiro atoms. The fourth-order valence-electron chi connectivity index (χ4n) is 10.3. The molecule has 5 fully saturated rings. The molecule has 6 N–H and O–H groups in total. The van der Waals surface area contributed by atoms with Gasteiger partial charge in [0.05, 0.1) is 18.8 Å². The molecule has 5 aliphatic rings. The molecule has 0 radical (unpaired) electrons. The van der Waals surface area contributed by atoms with Crippen LogP contribution in [0.15, 0.2) is 12.2 Å². The van der Waals surface area contributed by atoms with Crippen LogP contribution in [0.3, 0.4) is 0 Å². The van der Waals surface area contributed by atoms with Crippen LogP contribution in [0.5, 0.6) is 0 Å². The van der Waals surface area contributed by atoms with E-state index in [1.165, 1.54) is 0 Å². The number of carbonyl (C=O) groups is 3. The first kappa shape index (κ1) is 39.9. The Kier molecular flexibility index (Phi) is 10.8. The van der Waals surface area contributed by atoms with E-state index in [1.54, 1.807) is 20.8 Å². The number of esters is 1. The van der Waals surface area contributed by atoms with Gasteiger partial charge >= 0.3 is 38.7 Å². The summed E-state index contributed by atoms with van der Waals surface area (Å²) in [5.41, 5.74) is -3.52. The number of fused-ring (bicyclic) bond motifs is 3. The highest BCUT2D eigenvalue weighted by Crippen LogP contribution is 2.72. The summed E-state index contributed by atoms with van der Waals surface area (Å²) in [7, 11) is -11.0. The lowest BCUT2D eigenvalue weighted by molar-refractivity contribution is -0.318. The van der Waals surface area contributed by atoms with E-state index in [4.69, 9.17) is 18.4 Å². The Morgan fingerprint density at radius 2 is 1.53 bits per heavy atom. The molecule has 5 rings (SSSR count). The van der Waals surface area contributed by atoms with E-state index in [1.807, 2.05) is 0 Å². The van der Waals surface area contributed by atoms with Crippen LogP contribution < -0.4 is 0 Å². The van der Waals surface area contributed by atoms with E-state index in [0.717, 1.165) is 0 Å². The Morgan fingerprint density at radius 1 is 0.922 bits per heavy atom. The summed E-state index contributed by atoms with van der Waals surface area (Å²) in [6.07, 6.45) is -11.5. The molecule has 0 aromatic heterocycles. The molecular weight excluding hydrogens is 724 g/mol. The standard InChI is InChI=1S/C31H46O18S2/c1-14(2)9-21(33)47-24-23(49-51(42,43)44)22(48-50(39,40)41)18(13-32)46-26(24)45-17-11-29(4)19-6-5-16-10-30(19,25(34)15(16)3)8-7-20(29)31(12-17,27(35)36)28(37)38/h14,16-20,22-26,32,34H,3,5-13H2,1-2,4H3,(H,35,36)(H,37,38)(H,39,40,41)(H,42,43,44)/t16-,17+,18-,19-,20-,22-,23+,24-,25+,26-,29-,30+/m1/s1. The third-order valence-corrected chi connectivity index (χ3v) is 12.9. The number of aliphatic carboxylic acids is 2. The van der Waals surface area contributed by atoms with Crippen LogP contribution in [0.2, 0.25) is 0 Å². The zero-order chi connectivity index (χ0) is 38.1. The second-order valence-corrected chi connectivity index (χ2v) is 17.4. The lowest BCUT2D eigenvalue weighted by atomic mass is 9.40. The first-order valence-corrected chi connectivity index (χ1v) is 19.5. The highest BCUT2D eigenvalue weighted by atomic mass is 32.3. The third-order valence-electron chi connectivity index (χ3n) is 12.0. The number of rotatable bonds is 12. The van der Waals surface area contributed by atoms with Gasteiger partial charge in [0.15, 0.2) is 23.9 Å². The number of hydrogen-bond donors (Lipinski definition) is 6. The van der Waals surface area contributed by atoms with Crippen LogP contribution in [-0.4, -0.2) is 114 Å². The molecule has 4 saturated carbocycles. The molecule has 1 heterocycles. The number of aliphatic hydroxyl groups is 2. The molecule has 0 aromatic carbocycles. The van der Waals surface area contributed by atoms with Gasteiger partial charge in [-0.25, -0.2) is 8.37 Å². The zero-order valence-corrected chi connectivity index (χ0v) is 30.0. The zero-order valence-electron chi connectivity index (χ0n) is 28.3. The van der Waals surface area contributed by atoms with Crippen molar-refractivity contribution in [3.8, 4) is 0 Å². The quantitative estimate of drug-likeness (QED) is 0.0533. The third kappa shape index (κ3) is 7.20. The fourth-order valence-corrected chi connectivity index (χ4v) is 11.3. The minimum atomic E-state index is -5.51. The molecule has 2 bridgehead atoms. The van der Waals surface area contributed by atoms with Crippen LogP contribution in [-0.2, 0) is 57.8 Å². The van der Waals surface area contributed by atoms with Crippen molar-refractivity contribution < 1.29 is 83.3 Å². The van der Waals surface area contributed by atoms with Gasteiger partial charge in [-0.2, -0.15) is 16.8 Å². The van der Waals surface area contributed by atoms with E-state index in [0.29, 0.717) is 31.3 Å². The predicted molar refractivity (Wildman–Crippen MR) is 169 cm³/mol. The summed E-state index contributed by atoms with van der Waals surface area (Å²) in [6, 6.07) is 0. The van der Waals surface area contributed by atoms with Crippen molar-refractivity contribution in [2.24, 2.45) is 39.9 Å². The molecule has 18 nitrogen and oxygen atoms in total. The van der Waals surface area contributed by atoms with Crippen molar-refractivity contribution >= 4 is 38.7 Å². The highest BCUT2D eigenvalue weighted by Gasteiger charge is 2.72. The summed E-state index contributed by atoms with van der Waals surface area (Å²) in [4.78, 5) is 39.3. The molecule has 20 heteroatoms. The van der Waals surface area contributed by atoms with Crippen molar-refractivity contribution in [3.05, 3.63) is 12.2 Å². The summed E-state index contributed by atoms with van der Waals surface area (Å²) in [5, 5.41) is 42.9. The summed E-state index contributed by atoms with van der Waals surface area (Å²) in [5.74, 6) is -5.84. The van der Waals surface area contributed by atoms with Crippen molar-refractivity contribution in [1.29, 1.82) is 0 Å². The minimum Gasteiger partial charge on any atom is -0.480 e. The highest BCUT2D eigenvalue weighted by molar-refractivity contribution is 7.81. The fraction of sp³-hybridized carbons (Fsp3) is 0.839. The Labute approximate surface area is 295 Å². The normalized spacial score (nSPS) is 40.7. The molecule has 290 valence electrons. The second-order valence-electron chi connectivity index (χ2n) is 15.3. The first-order chi connectivity index (χ1) is 23.5. The van der Waals surface area contributed by atoms with E-state index in [2.05, 4.69) is 10.8 Å². The van der Waals surface area contributed by atoms with E-state index < -0.39 is 117 Å². The first-order valence-electron chi connectivity index (χ1n) is 16.7. The van der Waals surface area contributed by atoms with Crippen LogP contribution in [0.4, 0.5) is 0 Å². The average molecular weight is 771 g/mol. The molecule has 0 aromatic rings. The SMILES string of the molecule is C=C1[C@@H]2CC[C@@H]3[C@@]4(C)C[C@H](O[C@@H]5O[C@H](CO)[C@@H](OS(=O)(=O)O)[C@H](OS(=O)(=O)O)[C@H]5OC(=O)CC(C)C)CC(C(=O)O)(C(=O)O)[C@@H]4CC[C@@]3(C2)[C@H]1O. The van der Waals surface area contributed by atoms with Crippen molar-refractivity contribution in [1.82, 2.24) is 0 Å². The van der Waals surface area contributed by atoms with Gasteiger partial charge in [-0.3, -0.25) is 23.5 Å². The molecule has 4 aliphatic carbocycles. The van der Waals surface area contributed by atoms with E-state index in [-0.39, 0.29) is 37.0 Å². The smallest absolute Gasteiger partial charge is 0.397 e. The molecular formula is C31H46O18S2. The lowest BCUT2D eigenvalue weighted by Crippen LogP contribution is -2.67. The number of hydrogen-bond acceptors (Lipinski definition) is 14. The summed E-state index contributed by atoms with van der Waals surface area (Å²) >= 11 is 0. The number of ether oxygens (including phenoxy) is 3. The van der Waals surface area contributed by atoms with Crippen molar-refractivity contribution in [2.45, 2.75) is 115 Å². The van der Waals surface area contributed by atoms with Gasteiger partial charge < -0.3 is 34.6 Å². The van der Waals surface area contributed by atoms with Crippen molar-refractivity contribution in [2.75, 3.05) is 6.61 Å². The Hall–Kier alpha value is -2.27. The summed E-state index contributed by atoms with van der Waals surface area (Å²) < 4.78 is 93.4. The Bertz CT molecular complexity index is 1610. The molecule has 1 aliphatic heterocycles. The van der Waals surface area contributed by atoms with Crippen LogP contribution in [0.25, 0.3) is 0 Å². The monoisotopic (exact) mass is 770 g/mol. The van der Waals surface area contributed by atoms with Crippen LogP contribution >= 0.6 is 0 Å². The molecule has 12 atom stereocenters. The molecule has 51 heavy (non-hydrogen) atoms. The maximum atomic E-state index is 13.1. The number of carboxylic acids is 2. The maximum absolute atomic E-state index is 13.1. The number of aliphatic hydroxyl groups excluding tert-OH is 2. The van der Waals surface area contributed by atoms with Gasteiger partial charge in [-0.15, -0.1) is 0 Å². The Balaban J connectivity index is 1.59. The summed E-state index contributed by atoms with van der Waals surface area (Å²) in [6.45, 7) is 8.03. The molecule has 0 amide bonds. The van der Waals surface area contributed by atoms with Crippen LogP contribution in [0, 0.1) is 39.9 Å². The van der Waals surface area contributed by atoms with Gasteiger partial charge in [0, 0.05) is 18.3 Å². The van der Waals surface area contributed by atoms with Gasteiger partial charge in [-0.1, -0.05) is 27.4 Å². The van der Waals surface area contributed by atoms with E-state index >= 15 is 0 Å². The second kappa shape index (κ2) is 13.9. The topological polar surface area (TPSA) is 287 Å². The Morgan fingerprint density at radius 3 is 2.08 bits per heavy atom. The maximum Gasteiger partial charge on any atom is 0.397 e. The van der Waals surface area contributed by atoms with Crippen molar-refractivity contribution in [3.63, 3.8) is 0 Å². The van der Waals surface area contributed by atoms with Crippen LogP contribution in [0.1, 0.15) is 72.1 Å².